The maximum absolute atomic E-state index is 10.8. The summed E-state index contributed by atoms with van der Waals surface area (Å²) in [6, 6.07) is -0.818. The van der Waals surface area contributed by atoms with Gasteiger partial charge >= 0.3 is 19.8 Å². The molecule has 0 aromatic carbocycles. The van der Waals surface area contributed by atoms with E-state index in [0.717, 1.165) is 0 Å². The summed E-state index contributed by atoms with van der Waals surface area (Å²) in [5.41, 5.74) is 5.31. The lowest BCUT2D eigenvalue weighted by Crippen LogP contribution is -2.32. The highest BCUT2D eigenvalue weighted by Crippen LogP contribution is 2.25. The summed E-state index contributed by atoms with van der Waals surface area (Å²) in [7, 11) is -4.64. The van der Waals surface area contributed by atoms with Gasteiger partial charge in [-0.1, -0.05) is 0 Å². The molecule has 17 heavy (non-hydrogen) atoms. The van der Waals surface area contributed by atoms with Gasteiger partial charge in [0.05, 0.1) is 6.61 Å². The van der Waals surface area contributed by atoms with Crippen molar-refractivity contribution in [3.05, 3.63) is 0 Å². The molecule has 0 fully saturated rings. The van der Waals surface area contributed by atoms with Crippen molar-refractivity contribution in [2.75, 3.05) is 6.61 Å². The number of phosphoric acid groups is 1. The fourth-order valence-corrected chi connectivity index (χ4v) is 0.646. The number of rotatable bonds is 5. The van der Waals surface area contributed by atoms with Crippen LogP contribution in [0.4, 0.5) is 0 Å². The van der Waals surface area contributed by atoms with Crippen LogP contribution in [0.1, 0.15) is 19.8 Å². The van der Waals surface area contributed by atoms with Crippen molar-refractivity contribution < 1.29 is 38.7 Å². The topological polar surface area (TPSA) is 167 Å². The molecule has 10 heteroatoms. The van der Waals surface area contributed by atoms with Gasteiger partial charge < -0.3 is 30.3 Å². The summed E-state index contributed by atoms with van der Waals surface area (Å²) in [5.74, 6) is -1.51. The van der Waals surface area contributed by atoms with Gasteiger partial charge in [-0.15, -0.1) is 0 Å². The summed E-state index contributed by atoms with van der Waals surface area (Å²) in [5, 5.41) is 8.27. The smallest absolute Gasteiger partial charge is 0.466 e. The molecule has 1 unspecified atom stereocenters. The average Bonchev–Trinajstić information content (AvgIpc) is 2.11. The summed E-state index contributed by atoms with van der Waals surface area (Å²) in [4.78, 5) is 42.5. The van der Waals surface area contributed by atoms with Crippen molar-refractivity contribution in [2.24, 2.45) is 5.73 Å². The number of carboxylic acids is 1. The lowest BCUT2D eigenvalue weighted by Gasteiger charge is -2.07. The first kappa shape index (κ1) is 18.4. The van der Waals surface area contributed by atoms with E-state index >= 15 is 0 Å². The number of carboxylic acid groups (broad SMARTS) is 1. The number of esters is 1. The predicted octanol–water partition coefficient (Wildman–Crippen LogP) is -1.19. The normalized spacial score (nSPS) is 12.1. The second kappa shape index (κ2) is 9.08. The van der Waals surface area contributed by atoms with Gasteiger partial charge in [0.15, 0.2) is 0 Å². The minimum atomic E-state index is -4.64. The highest BCUT2D eigenvalue weighted by atomic mass is 31.2. The number of carbonyl (C=O) groups excluding carboxylic acids is 1. The molecule has 6 N–H and O–H groups in total. The Hall–Kier alpha value is -0.990. The molecule has 0 aliphatic heterocycles. The van der Waals surface area contributed by atoms with Crippen molar-refractivity contribution >= 4 is 19.8 Å². The summed E-state index contributed by atoms with van der Waals surface area (Å²) >= 11 is 0. The van der Waals surface area contributed by atoms with Crippen LogP contribution in [0.15, 0.2) is 0 Å². The molecular weight excluding hydrogens is 257 g/mol. The van der Waals surface area contributed by atoms with Crippen LogP contribution in [-0.2, 0) is 18.9 Å². The molecule has 0 amide bonds. The van der Waals surface area contributed by atoms with E-state index in [1.165, 1.54) is 0 Å². The Morgan fingerprint density at radius 3 is 2.06 bits per heavy atom. The molecule has 102 valence electrons. The van der Waals surface area contributed by atoms with Crippen molar-refractivity contribution in [3.63, 3.8) is 0 Å². The Morgan fingerprint density at radius 1 is 1.35 bits per heavy atom. The van der Waals surface area contributed by atoms with E-state index in [1.54, 1.807) is 6.92 Å². The summed E-state index contributed by atoms with van der Waals surface area (Å²) < 4.78 is 13.5. The van der Waals surface area contributed by atoms with Gasteiger partial charge in [-0.25, -0.2) is 4.57 Å². The van der Waals surface area contributed by atoms with E-state index in [-0.39, 0.29) is 19.4 Å². The number of hydrogen-bond acceptors (Lipinski definition) is 5. The highest BCUT2D eigenvalue weighted by Gasteiger charge is 2.15. The van der Waals surface area contributed by atoms with Gasteiger partial charge in [0.25, 0.3) is 0 Å². The zero-order valence-electron chi connectivity index (χ0n) is 9.15. The Balaban J connectivity index is 0. The largest absolute Gasteiger partial charge is 0.481 e. The molecule has 0 aliphatic rings. The maximum atomic E-state index is 10.8. The van der Waals surface area contributed by atoms with Gasteiger partial charge in [-0.2, -0.15) is 0 Å². The van der Waals surface area contributed by atoms with Gasteiger partial charge in [0.2, 0.25) is 0 Å². The molecule has 0 aromatic rings. The van der Waals surface area contributed by atoms with Crippen LogP contribution >= 0.6 is 7.82 Å². The van der Waals surface area contributed by atoms with Crippen molar-refractivity contribution in [1.82, 2.24) is 0 Å². The monoisotopic (exact) mass is 273 g/mol. The van der Waals surface area contributed by atoms with E-state index in [4.69, 9.17) is 30.1 Å². The van der Waals surface area contributed by atoms with E-state index in [9.17, 15) is 9.59 Å². The lowest BCUT2D eigenvalue weighted by molar-refractivity contribution is -0.145. The summed E-state index contributed by atoms with van der Waals surface area (Å²) in [6.07, 6.45) is 0.00808. The van der Waals surface area contributed by atoms with Gasteiger partial charge in [-0.3, -0.25) is 9.59 Å². The zero-order valence-corrected chi connectivity index (χ0v) is 10.0. The van der Waals surface area contributed by atoms with Gasteiger partial charge in [0, 0.05) is 6.42 Å². The Bertz CT molecular complexity index is 279. The number of nitrogens with two attached hydrogens (primary N) is 1. The zero-order chi connectivity index (χ0) is 14.1. The molecule has 0 saturated carbocycles. The Labute approximate surface area is 97.4 Å². The quantitative estimate of drug-likeness (QED) is 0.305. The maximum Gasteiger partial charge on any atom is 0.466 e. The molecule has 0 aliphatic carbocycles. The summed E-state index contributed by atoms with van der Waals surface area (Å²) in [6.45, 7) is 1.93. The number of ether oxygens (including phenoxy) is 1. The minimum absolute atomic E-state index is 0.111. The average molecular weight is 273 g/mol. The van der Waals surface area contributed by atoms with Crippen LogP contribution in [0.2, 0.25) is 0 Å². The molecular formula is C7H16NO8P. The molecule has 9 nitrogen and oxygen atoms in total. The molecule has 0 radical (unpaired) electrons. The molecule has 0 rings (SSSR count). The second-order valence-corrected chi connectivity index (χ2v) is 3.83. The van der Waals surface area contributed by atoms with Gasteiger partial charge in [-0.05, 0) is 13.3 Å². The van der Waals surface area contributed by atoms with Crippen LogP contribution < -0.4 is 5.73 Å². The predicted molar refractivity (Wildman–Crippen MR) is 55.7 cm³/mol. The molecule has 1 atom stereocenters. The SMILES string of the molecule is CCOC(=O)C(N)CCC(=O)O.O=P(O)(O)O. The number of hydrogen-bond donors (Lipinski definition) is 5. The van der Waals surface area contributed by atoms with Crippen molar-refractivity contribution in [3.8, 4) is 0 Å². The molecule has 0 bridgehead atoms. The molecule has 0 spiro atoms. The first-order valence-corrected chi connectivity index (χ1v) is 6.06. The lowest BCUT2D eigenvalue weighted by atomic mass is 10.2. The third-order valence-corrected chi connectivity index (χ3v) is 1.26. The standard InChI is InChI=1S/C7H13NO4.H3O4P/c1-2-12-7(11)5(8)3-4-6(9)10;1-5(2,3)4/h5H,2-4,8H2,1H3,(H,9,10);(H3,1,2,3,4). The van der Waals surface area contributed by atoms with E-state index in [2.05, 4.69) is 4.74 Å². The number of aliphatic carboxylic acids is 1. The van der Waals surface area contributed by atoms with Crippen LogP contribution in [-0.4, -0.2) is 44.4 Å². The fraction of sp³-hybridized carbons (Fsp3) is 0.714. The molecule has 0 saturated heterocycles. The Kier molecular flexibility index (Phi) is 9.82. The van der Waals surface area contributed by atoms with Gasteiger partial charge in [0.1, 0.15) is 6.04 Å². The fourth-order valence-electron chi connectivity index (χ4n) is 0.646. The van der Waals surface area contributed by atoms with Crippen LogP contribution in [0.3, 0.4) is 0 Å². The third-order valence-electron chi connectivity index (χ3n) is 1.26. The van der Waals surface area contributed by atoms with Crippen LogP contribution in [0.5, 0.6) is 0 Å². The van der Waals surface area contributed by atoms with E-state index < -0.39 is 25.8 Å². The second-order valence-electron chi connectivity index (χ2n) is 2.80. The van der Waals surface area contributed by atoms with E-state index in [0.29, 0.717) is 0 Å². The number of carbonyl (C=O) groups is 2. The third kappa shape index (κ3) is 21.0. The first-order valence-electron chi connectivity index (χ1n) is 4.50. The van der Waals surface area contributed by atoms with Crippen molar-refractivity contribution in [1.29, 1.82) is 0 Å². The first-order chi connectivity index (χ1) is 7.57. The molecule has 0 heterocycles. The minimum Gasteiger partial charge on any atom is -0.481 e. The Morgan fingerprint density at radius 2 is 1.76 bits per heavy atom. The van der Waals surface area contributed by atoms with Crippen LogP contribution in [0.25, 0.3) is 0 Å². The van der Waals surface area contributed by atoms with E-state index in [1.807, 2.05) is 0 Å². The highest BCUT2D eigenvalue weighted by molar-refractivity contribution is 7.45. The molecule has 0 aromatic heterocycles. The van der Waals surface area contributed by atoms with Crippen molar-refractivity contribution in [2.45, 2.75) is 25.8 Å². The van der Waals surface area contributed by atoms with Crippen LogP contribution in [0, 0.1) is 0 Å².